The molecule has 1 spiro atoms. The summed E-state index contributed by atoms with van der Waals surface area (Å²) in [6, 6.07) is 59.9. The number of ether oxygens (including phenoxy) is 1. The Kier molecular flexibility index (Phi) is 7.49. The van der Waals surface area contributed by atoms with E-state index in [0.717, 1.165) is 63.3 Å². The number of fused-ring (bicyclic) bond motifs is 9. The molecule has 264 valence electrons. The second-order valence-corrected chi connectivity index (χ2v) is 14.6. The van der Waals surface area contributed by atoms with Crippen LogP contribution in [0.3, 0.4) is 0 Å². The summed E-state index contributed by atoms with van der Waals surface area (Å²) in [5, 5.41) is 0. The van der Waals surface area contributed by atoms with Crippen LogP contribution in [0.4, 0.5) is 0 Å². The lowest BCUT2D eigenvalue weighted by Crippen LogP contribution is -2.32. The zero-order valence-corrected chi connectivity index (χ0v) is 30.6. The molecule has 7 aromatic carbocycles. The topological polar surface area (TPSA) is 47.9 Å². The third-order valence-electron chi connectivity index (χ3n) is 11.5. The smallest absolute Gasteiger partial charge is 0.164 e. The summed E-state index contributed by atoms with van der Waals surface area (Å²) in [6.45, 7) is 0. The molecule has 8 aromatic rings. The quantitative estimate of drug-likeness (QED) is 0.178. The fourth-order valence-electron chi connectivity index (χ4n) is 8.93. The number of nitrogens with zero attached hydrogens (tertiary/aromatic N) is 3. The Morgan fingerprint density at radius 1 is 0.393 bits per heavy atom. The normalized spacial score (nSPS) is 14.2. The summed E-state index contributed by atoms with van der Waals surface area (Å²) in [6.07, 6.45) is 8.92. The van der Waals surface area contributed by atoms with Crippen LogP contribution in [0.25, 0.3) is 62.0 Å². The van der Waals surface area contributed by atoms with Crippen LogP contribution >= 0.6 is 0 Å². The van der Waals surface area contributed by atoms with Crippen molar-refractivity contribution in [2.45, 2.75) is 18.3 Å². The highest BCUT2D eigenvalue weighted by molar-refractivity contribution is 5.95. The fourth-order valence-corrected chi connectivity index (χ4v) is 8.93. The van der Waals surface area contributed by atoms with Crippen molar-refractivity contribution in [2.75, 3.05) is 0 Å². The average Bonchev–Trinajstić information content (AvgIpc) is 3.58. The van der Waals surface area contributed by atoms with Gasteiger partial charge in [0.25, 0.3) is 0 Å². The molecule has 0 saturated carbocycles. The lowest BCUT2D eigenvalue weighted by molar-refractivity contribution is 0.436. The maximum atomic E-state index is 6.58. The van der Waals surface area contributed by atoms with Gasteiger partial charge in [-0.15, -0.1) is 0 Å². The Morgan fingerprint density at radius 2 is 0.911 bits per heavy atom. The summed E-state index contributed by atoms with van der Waals surface area (Å²) in [4.78, 5) is 15.8. The third kappa shape index (κ3) is 5.03. The first kappa shape index (κ1) is 32.3. The van der Waals surface area contributed by atoms with E-state index >= 15 is 0 Å². The zero-order valence-electron chi connectivity index (χ0n) is 30.6. The van der Waals surface area contributed by atoms with Crippen molar-refractivity contribution in [1.82, 2.24) is 15.0 Å². The number of hydrogen-bond acceptors (Lipinski definition) is 4. The standard InChI is InChI=1S/C52H35N3O/c1-3-14-34(15-4-1)36-26-30-38(31-27-36)49-53-50(39-32-28-37(29-33-39)35-16-5-2-6-17-35)55-51(54-49)41-19-13-23-45-48(41)40-18-7-8-20-42(40)52(45)43-21-9-11-24-46(43)56-47-25-12-10-22-44(47)52/h1,3-5,7-33H,2,6H2. The molecule has 0 amide bonds. The number of benzene rings is 7. The summed E-state index contributed by atoms with van der Waals surface area (Å²) >= 11 is 0. The third-order valence-corrected chi connectivity index (χ3v) is 11.5. The lowest BCUT2D eigenvalue weighted by Gasteiger charge is -2.39. The molecular weight excluding hydrogens is 683 g/mol. The van der Waals surface area contributed by atoms with E-state index in [1.807, 2.05) is 18.2 Å². The second-order valence-electron chi connectivity index (χ2n) is 14.6. The minimum atomic E-state index is -0.586. The first-order valence-corrected chi connectivity index (χ1v) is 19.3. The molecule has 4 nitrogen and oxygen atoms in total. The van der Waals surface area contributed by atoms with Crippen LogP contribution in [-0.4, -0.2) is 15.0 Å². The maximum Gasteiger partial charge on any atom is 0.164 e. The molecule has 56 heavy (non-hydrogen) atoms. The number of allylic oxidation sites excluding steroid dienone is 4. The minimum Gasteiger partial charge on any atom is -0.457 e. The summed E-state index contributed by atoms with van der Waals surface area (Å²) in [5.74, 6) is 3.64. The van der Waals surface area contributed by atoms with E-state index in [-0.39, 0.29) is 0 Å². The minimum absolute atomic E-state index is 0.586. The highest BCUT2D eigenvalue weighted by Gasteiger charge is 2.51. The van der Waals surface area contributed by atoms with Crippen LogP contribution < -0.4 is 4.74 Å². The monoisotopic (exact) mass is 717 g/mol. The first-order valence-electron chi connectivity index (χ1n) is 19.3. The van der Waals surface area contributed by atoms with Gasteiger partial charge in [-0.1, -0.05) is 176 Å². The Bertz CT molecular complexity index is 2830. The number of para-hydroxylation sites is 2. The molecule has 0 fully saturated rings. The van der Waals surface area contributed by atoms with Gasteiger partial charge in [-0.25, -0.2) is 15.0 Å². The van der Waals surface area contributed by atoms with Crippen molar-refractivity contribution in [3.05, 3.63) is 216 Å². The fraction of sp³-hybridized carbons (Fsp3) is 0.0577. The molecule has 0 unspecified atom stereocenters. The van der Waals surface area contributed by atoms with E-state index in [0.29, 0.717) is 17.5 Å². The molecule has 0 N–H and O–H groups in total. The van der Waals surface area contributed by atoms with Gasteiger partial charge < -0.3 is 4.74 Å². The van der Waals surface area contributed by atoms with Gasteiger partial charge in [0.05, 0.1) is 5.41 Å². The van der Waals surface area contributed by atoms with Crippen LogP contribution in [0.1, 0.15) is 40.7 Å². The van der Waals surface area contributed by atoms with Gasteiger partial charge in [-0.3, -0.25) is 0 Å². The molecule has 0 saturated heterocycles. The molecule has 1 aromatic heterocycles. The van der Waals surface area contributed by atoms with E-state index in [1.54, 1.807) is 0 Å². The lowest BCUT2D eigenvalue weighted by atomic mass is 9.66. The molecular formula is C52H35N3O. The van der Waals surface area contributed by atoms with Gasteiger partial charge in [-0.2, -0.15) is 0 Å². The largest absolute Gasteiger partial charge is 0.457 e. The molecule has 4 heteroatoms. The van der Waals surface area contributed by atoms with Crippen molar-refractivity contribution >= 4 is 5.57 Å². The van der Waals surface area contributed by atoms with E-state index in [4.69, 9.17) is 19.7 Å². The van der Waals surface area contributed by atoms with Crippen LogP contribution in [0.2, 0.25) is 0 Å². The number of hydrogen-bond donors (Lipinski definition) is 0. The van der Waals surface area contributed by atoms with Crippen molar-refractivity contribution < 1.29 is 4.74 Å². The summed E-state index contributed by atoms with van der Waals surface area (Å²) < 4.78 is 6.58. The molecule has 0 bridgehead atoms. The Morgan fingerprint density at radius 3 is 1.57 bits per heavy atom. The van der Waals surface area contributed by atoms with Crippen molar-refractivity contribution in [2.24, 2.45) is 0 Å². The summed E-state index contributed by atoms with van der Waals surface area (Å²) in [7, 11) is 0. The Labute approximate surface area is 326 Å². The maximum absolute atomic E-state index is 6.58. The molecule has 2 aliphatic carbocycles. The molecule has 3 aliphatic rings. The van der Waals surface area contributed by atoms with Gasteiger partial charge in [0, 0.05) is 27.8 Å². The van der Waals surface area contributed by atoms with Crippen molar-refractivity contribution in [3.63, 3.8) is 0 Å². The molecule has 2 heterocycles. The SMILES string of the molecule is C1=CC(c2ccc(-c3nc(-c4ccc(-c5ccccc5)cc4)nc(-c4cccc5c4-c4ccccc4C54c5ccccc5Oc5ccccc54)n3)cc2)=CCC1. The van der Waals surface area contributed by atoms with E-state index < -0.39 is 5.41 Å². The van der Waals surface area contributed by atoms with Crippen LogP contribution in [0.15, 0.2) is 188 Å². The summed E-state index contributed by atoms with van der Waals surface area (Å²) in [5.41, 5.74) is 14.0. The molecule has 11 rings (SSSR count). The first-order chi connectivity index (χ1) is 27.8. The van der Waals surface area contributed by atoms with Crippen LogP contribution in [0.5, 0.6) is 11.5 Å². The second kappa shape index (κ2) is 13.0. The van der Waals surface area contributed by atoms with E-state index in [9.17, 15) is 0 Å². The number of rotatable bonds is 5. The molecule has 0 atom stereocenters. The van der Waals surface area contributed by atoms with Gasteiger partial charge in [0.2, 0.25) is 0 Å². The zero-order chi connectivity index (χ0) is 37.1. The van der Waals surface area contributed by atoms with Gasteiger partial charge >= 0.3 is 0 Å². The number of aromatic nitrogens is 3. The predicted octanol–water partition coefficient (Wildman–Crippen LogP) is 12.7. The highest BCUT2D eigenvalue weighted by atomic mass is 16.5. The predicted molar refractivity (Wildman–Crippen MR) is 225 cm³/mol. The molecule has 0 radical (unpaired) electrons. The van der Waals surface area contributed by atoms with E-state index in [1.165, 1.54) is 33.4 Å². The van der Waals surface area contributed by atoms with Crippen LogP contribution in [0, 0.1) is 0 Å². The van der Waals surface area contributed by atoms with Gasteiger partial charge in [-0.05, 0) is 69.5 Å². The van der Waals surface area contributed by atoms with Crippen molar-refractivity contribution in [3.8, 4) is 67.9 Å². The van der Waals surface area contributed by atoms with E-state index in [2.05, 4.69) is 170 Å². The average molecular weight is 718 g/mol. The Balaban J connectivity index is 1.13. The Hall–Kier alpha value is -7.17. The van der Waals surface area contributed by atoms with Crippen molar-refractivity contribution in [1.29, 1.82) is 0 Å². The van der Waals surface area contributed by atoms with Gasteiger partial charge in [0.1, 0.15) is 11.5 Å². The highest BCUT2D eigenvalue weighted by Crippen LogP contribution is 2.63. The van der Waals surface area contributed by atoms with Gasteiger partial charge in [0.15, 0.2) is 17.5 Å². The van der Waals surface area contributed by atoms with Crippen LogP contribution in [-0.2, 0) is 5.41 Å². The molecule has 1 aliphatic heterocycles.